The predicted octanol–water partition coefficient (Wildman–Crippen LogP) is 2.22. The highest BCUT2D eigenvalue weighted by Crippen LogP contribution is 2.08. The van der Waals surface area contributed by atoms with Crippen molar-refractivity contribution < 1.29 is 9.32 Å². The molecule has 0 atom stereocenters. The molecule has 0 spiro atoms. The lowest BCUT2D eigenvalue weighted by Gasteiger charge is -2.06. The van der Waals surface area contributed by atoms with Crippen molar-refractivity contribution in [2.75, 3.05) is 0 Å². The quantitative estimate of drug-likeness (QED) is 0.879. The molecule has 1 aromatic heterocycles. The molecule has 0 aliphatic rings. The summed E-state index contributed by atoms with van der Waals surface area (Å²) in [7, 11) is 0. The third kappa shape index (κ3) is 2.53. The number of nitrogens with zero attached hydrogens (tertiary/aromatic N) is 1. The topological polar surface area (TPSA) is 55.1 Å². The summed E-state index contributed by atoms with van der Waals surface area (Å²) in [4.78, 5) is 11.8. The van der Waals surface area contributed by atoms with Gasteiger partial charge in [0.2, 0.25) is 0 Å². The second kappa shape index (κ2) is 4.82. The average Bonchev–Trinajstić information content (AvgIpc) is 2.74. The van der Waals surface area contributed by atoms with E-state index in [9.17, 15) is 4.79 Å². The fourth-order valence-electron chi connectivity index (χ4n) is 1.60. The number of amides is 1. The molecule has 4 heteroatoms. The number of nitrogens with one attached hydrogen (secondary N) is 1. The lowest BCUT2D eigenvalue weighted by Crippen LogP contribution is -2.23. The van der Waals surface area contributed by atoms with Crippen molar-refractivity contribution in [2.24, 2.45) is 0 Å². The van der Waals surface area contributed by atoms with Crippen LogP contribution in [0.1, 0.15) is 27.2 Å². The predicted molar refractivity (Wildman–Crippen MR) is 63.6 cm³/mol. The molecule has 17 heavy (non-hydrogen) atoms. The van der Waals surface area contributed by atoms with E-state index >= 15 is 0 Å². The fraction of sp³-hybridized carbons (Fsp3) is 0.231. The van der Waals surface area contributed by atoms with Gasteiger partial charge in [0.25, 0.3) is 5.91 Å². The minimum Gasteiger partial charge on any atom is -0.361 e. The standard InChI is InChI=1S/C13H14N2O2/c1-9-5-3-4-6-11(9)7-14-13(16)12-8-15-17-10(12)2/h3-6,8H,7H2,1-2H3,(H,14,16). The molecule has 0 unspecified atom stereocenters. The molecular weight excluding hydrogens is 216 g/mol. The Balaban J connectivity index is 2.02. The largest absolute Gasteiger partial charge is 0.361 e. The minimum atomic E-state index is -0.160. The Morgan fingerprint density at radius 2 is 2.12 bits per heavy atom. The Kier molecular flexibility index (Phi) is 3.23. The fourth-order valence-corrected chi connectivity index (χ4v) is 1.60. The summed E-state index contributed by atoms with van der Waals surface area (Å²) in [5.41, 5.74) is 2.75. The normalized spacial score (nSPS) is 10.2. The van der Waals surface area contributed by atoms with Crippen molar-refractivity contribution in [1.82, 2.24) is 10.5 Å². The van der Waals surface area contributed by atoms with Gasteiger partial charge in [-0.3, -0.25) is 4.79 Å². The summed E-state index contributed by atoms with van der Waals surface area (Å²) in [5.74, 6) is 0.374. The third-order valence-corrected chi connectivity index (χ3v) is 2.70. The van der Waals surface area contributed by atoms with Crippen LogP contribution in [0.2, 0.25) is 0 Å². The Morgan fingerprint density at radius 3 is 2.76 bits per heavy atom. The van der Waals surface area contributed by atoms with Crippen LogP contribution in [0.5, 0.6) is 0 Å². The molecule has 0 bridgehead atoms. The molecule has 0 aliphatic carbocycles. The Hall–Kier alpha value is -2.10. The van der Waals surface area contributed by atoms with E-state index in [0.717, 1.165) is 11.1 Å². The second-order valence-corrected chi connectivity index (χ2v) is 3.90. The van der Waals surface area contributed by atoms with Gasteiger partial charge in [0.15, 0.2) is 0 Å². The van der Waals surface area contributed by atoms with Gasteiger partial charge in [0, 0.05) is 6.54 Å². The van der Waals surface area contributed by atoms with Crippen molar-refractivity contribution in [3.05, 3.63) is 52.9 Å². The van der Waals surface area contributed by atoms with Gasteiger partial charge in [0.05, 0.1) is 6.20 Å². The van der Waals surface area contributed by atoms with Gasteiger partial charge >= 0.3 is 0 Å². The van der Waals surface area contributed by atoms with Crippen LogP contribution >= 0.6 is 0 Å². The van der Waals surface area contributed by atoms with Crippen LogP contribution in [0.25, 0.3) is 0 Å². The molecule has 88 valence electrons. The van der Waals surface area contributed by atoms with Crippen molar-refractivity contribution in [1.29, 1.82) is 0 Å². The average molecular weight is 230 g/mol. The third-order valence-electron chi connectivity index (χ3n) is 2.70. The van der Waals surface area contributed by atoms with E-state index in [1.54, 1.807) is 6.92 Å². The van der Waals surface area contributed by atoms with Crippen LogP contribution < -0.4 is 5.32 Å². The summed E-state index contributed by atoms with van der Waals surface area (Å²) < 4.78 is 4.85. The number of hydrogen-bond donors (Lipinski definition) is 1. The number of benzene rings is 1. The van der Waals surface area contributed by atoms with E-state index in [4.69, 9.17) is 4.52 Å². The molecule has 2 rings (SSSR count). The van der Waals surface area contributed by atoms with Crippen LogP contribution in [0.15, 0.2) is 35.0 Å². The summed E-state index contributed by atoms with van der Waals surface area (Å²) in [6, 6.07) is 7.95. The number of carbonyl (C=O) groups is 1. The van der Waals surface area contributed by atoms with E-state index in [0.29, 0.717) is 17.9 Å². The smallest absolute Gasteiger partial charge is 0.256 e. The number of rotatable bonds is 3. The molecule has 2 aromatic rings. The Morgan fingerprint density at radius 1 is 1.35 bits per heavy atom. The zero-order chi connectivity index (χ0) is 12.3. The zero-order valence-electron chi connectivity index (χ0n) is 9.86. The monoisotopic (exact) mass is 230 g/mol. The van der Waals surface area contributed by atoms with E-state index in [2.05, 4.69) is 10.5 Å². The molecule has 4 nitrogen and oxygen atoms in total. The highest BCUT2D eigenvalue weighted by molar-refractivity contribution is 5.94. The van der Waals surface area contributed by atoms with Crippen LogP contribution in [0.3, 0.4) is 0 Å². The molecule has 0 radical (unpaired) electrons. The first-order valence-corrected chi connectivity index (χ1v) is 5.42. The maximum atomic E-state index is 11.8. The minimum absolute atomic E-state index is 0.160. The molecule has 0 saturated heterocycles. The van der Waals surface area contributed by atoms with Gasteiger partial charge in [-0.1, -0.05) is 29.4 Å². The molecule has 1 heterocycles. The maximum Gasteiger partial charge on any atom is 0.256 e. The SMILES string of the molecule is Cc1ccccc1CNC(=O)c1cnoc1C. The molecule has 1 amide bonds. The highest BCUT2D eigenvalue weighted by atomic mass is 16.5. The zero-order valence-corrected chi connectivity index (χ0v) is 9.86. The molecule has 0 aliphatic heterocycles. The van der Waals surface area contributed by atoms with Crippen molar-refractivity contribution in [3.63, 3.8) is 0 Å². The summed E-state index contributed by atoms with van der Waals surface area (Å²) in [6.45, 7) is 4.25. The highest BCUT2D eigenvalue weighted by Gasteiger charge is 2.12. The van der Waals surface area contributed by atoms with Crippen LogP contribution in [0.4, 0.5) is 0 Å². The maximum absolute atomic E-state index is 11.8. The van der Waals surface area contributed by atoms with Gasteiger partial charge in [-0.2, -0.15) is 0 Å². The van der Waals surface area contributed by atoms with Crippen molar-refractivity contribution >= 4 is 5.91 Å². The first-order chi connectivity index (χ1) is 8.18. The van der Waals surface area contributed by atoms with E-state index in [1.165, 1.54) is 6.20 Å². The molecule has 1 N–H and O–H groups in total. The van der Waals surface area contributed by atoms with E-state index in [1.807, 2.05) is 31.2 Å². The number of carbonyl (C=O) groups excluding carboxylic acids is 1. The number of aromatic nitrogens is 1. The Labute approximate surface area is 99.6 Å². The van der Waals surface area contributed by atoms with Crippen LogP contribution in [-0.2, 0) is 6.54 Å². The number of aryl methyl sites for hydroxylation is 2. The van der Waals surface area contributed by atoms with Gasteiger partial charge in [-0.05, 0) is 25.0 Å². The lowest BCUT2D eigenvalue weighted by molar-refractivity contribution is 0.0949. The Bertz CT molecular complexity index is 532. The van der Waals surface area contributed by atoms with E-state index < -0.39 is 0 Å². The van der Waals surface area contributed by atoms with Gasteiger partial charge < -0.3 is 9.84 Å². The van der Waals surface area contributed by atoms with Crippen molar-refractivity contribution in [3.8, 4) is 0 Å². The first-order valence-electron chi connectivity index (χ1n) is 5.42. The van der Waals surface area contributed by atoms with Crippen molar-refractivity contribution in [2.45, 2.75) is 20.4 Å². The number of hydrogen-bond acceptors (Lipinski definition) is 3. The molecule has 1 aromatic carbocycles. The molecule has 0 fully saturated rings. The molecular formula is C13H14N2O2. The molecule has 0 saturated carbocycles. The van der Waals surface area contributed by atoms with Gasteiger partial charge in [-0.15, -0.1) is 0 Å². The summed E-state index contributed by atoms with van der Waals surface area (Å²) in [5, 5.41) is 6.42. The second-order valence-electron chi connectivity index (χ2n) is 3.90. The van der Waals surface area contributed by atoms with Gasteiger partial charge in [-0.25, -0.2) is 0 Å². The van der Waals surface area contributed by atoms with E-state index in [-0.39, 0.29) is 5.91 Å². The van der Waals surface area contributed by atoms with Crippen LogP contribution in [0, 0.1) is 13.8 Å². The lowest BCUT2D eigenvalue weighted by atomic mass is 10.1. The first kappa shape index (κ1) is 11.4. The summed E-state index contributed by atoms with van der Waals surface area (Å²) in [6.07, 6.45) is 1.43. The van der Waals surface area contributed by atoms with Crippen LogP contribution in [-0.4, -0.2) is 11.1 Å². The van der Waals surface area contributed by atoms with Gasteiger partial charge in [0.1, 0.15) is 11.3 Å². The summed E-state index contributed by atoms with van der Waals surface area (Å²) >= 11 is 0.